The number of pyridine rings is 1. The van der Waals surface area contributed by atoms with E-state index >= 15 is 0 Å². The maximum atomic E-state index is 12.4. The Morgan fingerprint density at radius 2 is 1.74 bits per heavy atom. The van der Waals surface area contributed by atoms with E-state index in [4.69, 9.17) is 9.47 Å². The van der Waals surface area contributed by atoms with E-state index in [0.29, 0.717) is 12.4 Å². The van der Waals surface area contributed by atoms with E-state index in [9.17, 15) is 19.9 Å². The lowest BCUT2D eigenvalue weighted by molar-refractivity contribution is -0.151. The summed E-state index contributed by atoms with van der Waals surface area (Å²) in [4.78, 5) is 30.3. The molecule has 1 aromatic heterocycles. The number of hydrogen-bond acceptors (Lipinski definition) is 7. The molecule has 0 aliphatic carbocycles. The number of fused-ring (bicyclic) bond motifs is 1. The highest BCUT2D eigenvalue weighted by Gasteiger charge is 2.41. The molecule has 2 aromatic carbocycles. The number of benzene rings is 2. The first-order chi connectivity index (χ1) is 16.4. The smallest absolute Gasteiger partial charge is 0.410 e. The number of likely N-dealkylation sites (N-methyl/N-ethyl adjacent to an activating group) is 1. The predicted octanol–water partition coefficient (Wildman–Crippen LogP) is 3.68. The molecule has 0 spiro atoms. The van der Waals surface area contributed by atoms with Crippen LogP contribution in [0, 0.1) is 6.92 Å². The zero-order valence-corrected chi connectivity index (χ0v) is 20.5. The van der Waals surface area contributed by atoms with Crippen molar-refractivity contribution in [2.24, 2.45) is 0 Å². The second-order valence-electron chi connectivity index (χ2n) is 9.39. The maximum absolute atomic E-state index is 12.4. The summed E-state index contributed by atoms with van der Waals surface area (Å²) in [5.74, 6) is -0.570. The highest BCUT2D eigenvalue weighted by molar-refractivity contribution is 5.86. The number of aryl methyl sites for hydroxylation is 1. The van der Waals surface area contributed by atoms with E-state index in [1.54, 1.807) is 32.9 Å². The number of hydrogen-bond donors (Lipinski definition) is 3. The van der Waals surface area contributed by atoms with Crippen molar-refractivity contribution in [2.75, 3.05) is 13.6 Å². The van der Waals surface area contributed by atoms with Gasteiger partial charge in [0, 0.05) is 23.7 Å². The molecule has 0 fully saturated rings. The molecule has 1 unspecified atom stereocenters. The first-order valence-corrected chi connectivity index (χ1v) is 11.1. The van der Waals surface area contributed by atoms with Crippen molar-refractivity contribution in [2.45, 2.75) is 45.5 Å². The fourth-order valence-corrected chi connectivity index (χ4v) is 3.64. The number of ether oxygens (including phenoxy) is 2. The van der Waals surface area contributed by atoms with Gasteiger partial charge < -0.3 is 19.5 Å². The number of hydroxylamine groups is 1. The van der Waals surface area contributed by atoms with Crippen LogP contribution in [-0.2, 0) is 21.7 Å². The molecule has 0 saturated carbocycles. The Bertz CT molecular complexity index is 1210. The molecule has 9 heteroatoms. The molecule has 0 aliphatic heterocycles. The fraction of sp³-hybridized carbons (Fsp3) is 0.346. The Morgan fingerprint density at radius 3 is 2.37 bits per heavy atom. The lowest BCUT2D eigenvalue weighted by Gasteiger charge is -2.32. The number of para-hydroxylation sites is 1. The summed E-state index contributed by atoms with van der Waals surface area (Å²) in [5.41, 5.74) is 1.41. The summed E-state index contributed by atoms with van der Waals surface area (Å²) in [6, 6.07) is 16.0. The molecular weight excluding hydrogens is 450 g/mol. The van der Waals surface area contributed by atoms with Crippen molar-refractivity contribution in [3.8, 4) is 5.75 Å². The summed E-state index contributed by atoms with van der Waals surface area (Å²) in [6.07, 6.45) is -0.721. The van der Waals surface area contributed by atoms with Crippen LogP contribution in [-0.4, -0.2) is 51.4 Å². The molecule has 0 bridgehead atoms. The summed E-state index contributed by atoms with van der Waals surface area (Å²) >= 11 is 0. The minimum atomic E-state index is -2.22. The van der Waals surface area contributed by atoms with Crippen LogP contribution in [0.25, 0.3) is 10.9 Å². The number of nitrogens with zero attached hydrogens (tertiary/aromatic N) is 2. The molecular formula is C26H31N3O6. The third kappa shape index (κ3) is 6.26. The minimum absolute atomic E-state index is 0.164. The van der Waals surface area contributed by atoms with Crippen molar-refractivity contribution in [3.63, 3.8) is 0 Å². The number of carbonyl (C=O) groups is 2. The third-order valence-electron chi connectivity index (χ3n) is 5.30. The Labute approximate surface area is 204 Å². The van der Waals surface area contributed by atoms with Gasteiger partial charge in [-0.05, 0) is 57.5 Å². The molecule has 0 aliphatic rings. The monoisotopic (exact) mass is 481 g/mol. The lowest BCUT2D eigenvalue weighted by Crippen LogP contribution is -2.52. The van der Waals surface area contributed by atoms with Crippen LogP contribution in [0.4, 0.5) is 4.79 Å². The molecule has 9 nitrogen and oxygen atoms in total. The van der Waals surface area contributed by atoms with Crippen molar-refractivity contribution in [3.05, 3.63) is 71.4 Å². The molecule has 0 radical (unpaired) electrons. The Kier molecular flexibility index (Phi) is 7.62. The largest absolute Gasteiger partial charge is 0.489 e. The number of rotatable bonds is 7. The standard InChI is InChI=1S/C26H31N3O6/c1-17-14-18(21-8-6-7-9-22(21)27-17)15-34-20-12-10-19(11-13-20)26(32,23(30)28-33)16-29(5)24(31)35-25(2,3)4/h6-14,32-33H,15-16H2,1-5H3,(H,28,30). The van der Waals surface area contributed by atoms with E-state index in [-0.39, 0.29) is 5.56 Å². The molecule has 3 rings (SSSR count). The van der Waals surface area contributed by atoms with Gasteiger partial charge in [-0.15, -0.1) is 0 Å². The van der Waals surface area contributed by atoms with Crippen molar-refractivity contribution in [1.82, 2.24) is 15.4 Å². The van der Waals surface area contributed by atoms with Gasteiger partial charge in [0.05, 0.1) is 12.1 Å². The van der Waals surface area contributed by atoms with Crippen molar-refractivity contribution >= 4 is 22.9 Å². The summed E-state index contributed by atoms with van der Waals surface area (Å²) < 4.78 is 11.2. The highest BCUT2D eigenvalue weighted by atomic mass is 16.6. The number of aromatic nitrogens is 1. The first kappa shape index (κ1) is 25.9. The van der Waals surface area contributed by atoms with E-state index in [2.05, 4.69) is 4.98 Å². The normalized spacial score (nSPS) is 13.1. The van der Waals surface area contributed by atoms with Crippen molar-refractivity contribution in [1.29, 1.82) is 0 Å². The average Bonchev–Trinajstić information content (AvgIpc) is 2.80. The van der Waals surface area contributed by atoms with Crippen LogP contribution in [0.15, 0.2) is 54.6 Å². The number of nitrogens with one attached hydrogen (secondary N) is 1. The van der Waals surface area contributed by atoms with Gasteiger partial charge in [-0.25, -0.2) is 10.3 Å². The summed E-state index contributed by atoms with van der Waals surface area (Å²) in [6.45, 7) is 6.90. The zero-order valence-electron chi connectivity index (χ0n) is 20.5. The van der Waals surface area contributed by atoms with Gasteiger partial charge in [0.2, 0.25) is 0 Å². The van der Waals surface area contributed by atoms with Gasteiger partial charge in [0.15, 0.2) is 5.60 Å². The van der Waals surface area contributed by atoms with E-state index in [1.165, 1.54) is 24.7 Å². The van der Waals surface area contributed by atoms with Gasteiger partial charge in [0.25, 0.3) is 5.91 Å². The minimum Gasteiger partial charge on any atom is -0.489 e. The number of amides is 2. The molecule has 1 heterocycles. The van der Waals surface area contributed by atoms with Crippen LogP contribution >= 0.6 is 0 Å². The molecule has 1 atom stereocenters. The topological polar surface area (TPSA) is 121 Å². The Morgan fingerprint density at radius 1 is 1.09 bits per heavy atom. The number of carbonyl (C=O) groups excluding carboxylic acids is 2. The Hall–Kier alpha value is -3.69. The van der Waals surface area contributed by atoms with Crippen LogP contribution in [0.3, 0.4) is 0 Å². The molecule has 3 N–H and O–H groups in total. The van der Waals surface area contributed by atoms with Gasteiger partial charge >= 0.3 is 6.09 Å². The van der Waals surface area contributed by atoms with Gasteiger partial charge in [0.1, 0.15) is 18.0 Å². The first-order valence-electron chi connectivity index (χ1n) is 11.1. The zero-order chi connectivity index (χ0) is 25.8. The summed E-state index contributed by atoms with van der Waals surface area (Å²) in [7, 11) is 1.39. The van der Waals surface area contributed by atoms with E-state index in [1.807, 2.05) is 37.3 Å². The average molecular weight is 482 g/mol. The molecule has 2 amide bonds. The lowest BCUT2D eigenvalue weighted by atomic mass is 9.92. The van der Waals surface area contributed by atoms with E-state index in [0.717, 1.165) is 27.1 Å². The van der Waals surface area contributed by atoms with Gasteiger partial charge in [-0.2, -0.15) is 0 Å². The SMILES string of the molecule is Cc1cc(COc2ccc(C(O)(CN(C)C(=O)OC(C)(C)C)C(=O)NO)cc2)c2ccccc2n1. The van der Waals surface area contributed by atoms with Crippen LogP contribution < -0.4 is 10.2 Å². The second kappa shape index (κ2) is 10.3. The molecule has 35 heavy (non-hydrogen) atoms. The third-order valence-corrected chi connectivity index (χ3v) is 5.30. The van der Waals surface area contributed by atoms with Crippen LogP contribution in [0.1, 0.15) is 37.6 Å². The summed E-state index contributed by atoms with van der Waals surface area (Å²) in [5, 5.41) is 21.4. The van der Waals surface area contributed by atoms with Gasteiger partial charge in [-0.3, -0.25) is 15.0 Å². The predicted molar refractivity (Wildman–Crippen MR) is 130 cm³/mol. The quantitative estimate of drug-likeness (QED) is 0.348. The number of aliphatic hydroxyl groups is 1. The maximum Gasteiger partial charge on any atom is 0.410 e. The fourth-order valence-electron chi connectivity index (χ4n) is 3.64. The van der Waals surface area contributed by atoms with E-state index < -0.39 is 29.7 Å². The Balaban J connectivity index is 1.78. The molecule has 0 saturated heterocycles. The second-order valence-corrected chi connectivity index (χ2v) is 9.39. The van der Waals surface area contributed by atoms with Crippen LogP contribution in [0.5, 0.6) is 5.75 Å². The van der Waals surface area contributed by atoms with Crippen LogP contribution in [0.2, 0.25) is 0 Å². The van der Waals surface area contributed by atoms with Gasteiger partial charge in [-0.1, -0.05) is 30.3 Å². The highest BCUT2D eigenvalue weighted by Crippen LogP contribution is 2.27. The van der Waals surface area contributed by atoms with Crippen molar-refractivity contribution < 1.29 is 29.4 Å². The molecule has 186 valence electrons. The molecule has 3 aromatic rings.